The Labute approximate surface area is 220 Å². The molecule has 0 radical (unpaired) electrons. The van der Waals surface area contributed by atoms with Crippen LogP contribution < -0.4 is 9.64 Å². The third-order valence-electron chi connectivity index (χ3n) is 6.14. The Morgan fingerprint density at radius 2 is 1.81 bits per heavy atom. The molecule has 0 bridgehead atoms. The lowest BCUT2D eigenvalue weighted by atomic mass is 10.0. The number of aryl methyl sites for hydroxylation is 1. The van der Waals surface area contributed by atoms with E-state index >= 15 is 0 Å². The quantitative estimate of drug-likeness (QED) is 0.238. The van der Waals surface area contributed by atoms with Gasteiger partial charge in [-0.15, -0.1) is 0 Å². The highest BCUT2D eigenvalue weighted by molar-refractivity contribution is 7.46. The normalized spacial score (nSPS) is 16.4. The number of phosphoric ester groups is 1. The van der Waals surface area contributed by atoms with Gasteiger partial charge < -0.3 is 24.2 Å². The van der Waals surface area contributed by atoms with Gasteiger partial charge in [0.2, 0.25) is 6.79 Å². The molecule has 1 saturated heterocycles. The summed E-state index contributed by atoms with van der Waals surface area (Å²) in [6.45, 7) is 4.89. The maximum atomic E-state index is 10.8. The van der Waals surface area contributed by atoms with Crippen LogP contribution in [0.15, 0.2) is 41.4 Å². The van der Waals surface area contributed by atoms with Gasteiger partial charge in [-0.1, -0.05) is 35.3 Å². The average molecular weight is 558 g/mol. The number of halogens is 2. The topological polar surface area (TPSA) is 104 Å². The molecule has 0 saturated carbocycles. The van der Waals surface area contributed by atoms with Crippen molar-refractivity contribution < 1.29 is 28.3 Å². The van der Waals surface area contributed by atoms with Crippen molar-refractivity contribution in [1.29, 1.82) is 0 Å². The number of phosphoric acid groups is 1. The number of piperazine rings is 1. The molecule has 2 aliphatic heterocycles. The Morgan fingerprint density at radius 3 is 2.58 bits per heavy atom. The van der Waals surface area contributed by atoms with Crippen molar-refractivity contribution in [2.45, 2.75) is 25.7 Å². The fraction of sp³-hybridized carbons (Fsp3) is 0.458. The van der Waals surface area contributed by atoms with Gasteiger partial charge in [-0.3, -0.25) is 4.90 Å². The molecule has 2 aliphatic rings. The molecule has 36 heavy (non-hydrogen) atoms. The number of benzene rings is 2. The third-order valence-corrected chi connectivity index (χ3v) is 7.39. The Kier molecular flexibility index (Phi) is 9.52. The molecule has 4 rings (SSSR count). The zero-order valence-electron chi connectivity index (χ0n) is 19.8. The van der Waals surface area contributed by atoms with Gasteiger partial charge >= 0.3 is 7.82 Å². The molecule has 9 nitrogen and oxygen atoms in total. The molecular weight excluding hydrogens is 528 g/mol. The number of anilines is 1. The molecule has 196 valence electrons. The first-order valence-corrected chi connectivity index (χ1v) is 14.1. The zero-order valence-corrected chi connectivity index (χ0v) is 22.2. The third kappa shape index (κ3) is 7.83. The molecule has 0 aromatic heterocycles. The molecule has 2 heterocycles. The highest BCUT2D eigenvalue weighted by Gasteiger charge is 2.20. The summed E-state index contributed by atoms with van der Waals surface area (Å²) in [5, 5.41) is 1.21. The van der Waals surface area contributed by atoms with Crippen LogP contribution in [0.25, 0.3) is 0 Å². The van der Waals surface area contributed by atoms with Gasteiger partial charge in [-0.2, -0.15) is 0 Å². The largest absolute Gasteiger partial charge is 0.494 e. The van der Waals surface area contributed by atoms with Crippen molar-refractivity contribution in [3.63, 3.8) is 0 Å². The summed E-state index contributed by atoms with van der Waals surface area (Å²) in [5.41, 5.74) is 2.81. The summed E-state index contributed by atoms with van der Waals surface area (Å²) < 4.78 is 26.3. The van der Waals surface area contributed by atoms with Gasteiger partial charge in [0.1, 0.15) is 5.75 Å². The smallest absolute Gasteiger partial charge is 0.472 e. The molecule has 0 amide bonds. The van der Waals surface area contributed by atoms with Gasteiger partial charge in [-0.25, -0.2) is 14.1 Å². The summed E-state index contributed by atoms with van der Waals surface area (Å²) >= 11 is 12.5. The van der Waals surface area contributed by atoms with E-state index in [0.29, 0.717) is 29.0 Å². The maximum Gasteiger partial charge on any atom is 0.472 e. The standard InChI is InChI=1S/C24H30Cl2N3O6P/c25-20-4-3-5-22(24(20)26)29-13-11-28(12-14-29)10-1-2-15-33-19-8-6-18-7-9-23(27-21(18)16-19)34-17-35-36(30,31)32/h3-6,8,16H,1-2,7,9-15,17H2,(H2,30,31,32). The Morgan fingerprint density at radius 1 is 1.00 bits per heavy atom. The van der Waals surface area contributed by atoms with E-state index < -0.39 is 14.6 Å². The minimum absolute atomic E-state index is 0.380. The first-order chi connectivity index (χ1) is 17.3. The minimum atomic E-state index is -4.57. The molecule has 1 fully saturated rings. The van der Waals surface area contributed by atoms with Crippen molar-refractivity contribution in [3.05, 3.63) is 52.0 Å². The maximum absolute atomic E-state index is 10.8. The molecule has 2 aromatic rings. The van der Waals surface area contributed by atoms with Gasteiger partial charge in [-0.05, 0) is 49.6 Å². The van der Waals surface area contributed by atoms with E-state index in [4.69, 9.17) is 42.5 Å². The summed E-state index contributed by atoms with van der Waals surface area (Å²) in [4.78, 5) is 26.7. The van der Waals surface area contributed by atoms with Crippen LogP contribution in [0.4, 0.5) is 11.4 Å². The van der Waals surface area contributed by atoms with Crippen molar-refractivity contribution >= 4 is 48.3 Å². The second kappa shape index (κ2) is 12.6. The summed E-state index contributed by atoms with van der Waals surface area (Å²) in [5.74, 6) is 1.11. The number of unbranched alkanes of at least 4 members (excludes halogenated alkanes) is 1. The Hall–Kier alpha value is -1.84. The van der Waals surface area contributed by atoms with E-state index in [1.807, 2.05) is 36.4 Å². The number of fused-ring (bicyclic) bond motifs is 1. The summed E-state index contributed by atoms with van der Waals surface area (Å²) in [7, 11) is -4.57. The van der Waals surface area contributed by atoms with E-state index in [1.54, 1.807) is 0 Å². The molecule has 12 heteroatoms. The molecule has 0 unspecified atom stereocenters. The predicted octanol–water partition coefficient (Wildman–Crippen LogP) is 5.03. The Bertz CT molecular complexity index is 1120. The monoisotopic (exact) mass is 557 g/mol. The molecule has 0 aliphatic carbocycles. The predicted molar refractivity (Wildman–Crippen MR) is 141 cm³/mol. The van der Waals surface area contributed by atoms with Crippen LogP contribution in [-0.2, 0) is 20.2 Å². The summed E-state index contributed by atoms with van der Waals surface area (Å²) in [6.07, 6.45) is 3.24. The number of ether oxygens (including phenoxy) is 2. The fourth-order valence-corrected chi connectivity index (χ4v) is 4.83. The first kappa shape index (κ1) is 27.2. The van der Waals surface area contributed by atoms with Crippen LogP contribution in [-0.4, -0.2) is 66.7 Å². The second-order valence-corrected chi connectivity index (χ2v) is 10.7. The van der Waals surface area contributed by atoms with Crippen LogP contribution in [0.3, 0.4) is 0 Å². The zero-order chi connectivity index (χ0) is 25.5. The van der Waals surface area contributed by atoms with Crippen molar-refractivity contribution in [2.75, 3.05) is 51.0 Å². The highest BCUT2D eigenvalue weighted by atomic mass is 35.5. The van der Waals surface area contributed by atoms with E-state index in [-0.39, 0.29) is 0 Å². The van der Waals surface area contributed by atoms with E-state index in [1.165, 1.54) is 0 Å². The number of aliphatic imine (C=N–C) groups is 1. The SMILES string of the molecule is O=P(O)(O)OCOC1=Nc2cc(OCCCCN3CCN(c4cccc(Cl)c4Cl)CC3)ccc2CC1. The number of rotatable bonds is 10. The van der Waals surface area contributed by atoms with Crippen molar-refractivity contribution in [1.82, 2.24) is 4.90 Å². The van der Waals surface area contributed by atoms with Crippen LogP contribution in [0.1, 0.15) is 24.8 Å². The highest BCUT2D eigenvalue weighted by Crippen LogP contribution is 2.36. The van der Waals surface area contributed by atoms with E-state index in [9.17, 15) is 4.57 Å². The number of nitrogens with zero attached hydrogens (tertiary/aromatic N) is 3. The van der Waals surface area contributed by atoms with Crippen LogP contribution in [0.2, 0.25) is 10.0 Å². The lowest BCUT2D eigenvalue weighted by Gasteiger charge is -2.36. The van der Waals surface area contributed by atoms with Gasteiger partial charge in [0.05, 0.1) is 28.0 Å². The van der Waals surface area contributed by atoms with Gasteiger partial charge in [0.15, 0.2) is 5.90 Å². The second-order valence-electron chi connectivity index (χ2n) is 8.64. The fourth-order valence-electron chi connectivity index (χ4n) is 4.22. The Balaban J connectivity index is 1.16. The first-order valence-electron chi connectivity index (χ1n) is 11.9. The summed E-state index contributed by atoms with van der Waals surface area (Å²) in [6, 6.07) is 11.6. The number of hydrogen-bond acceptors (Lipinski definition) is 7. The lowest BCUT2D eigenvalue weighted by Crippen LogP contribution is -2.46. The van der Waals surface area contributed by atoms with E-state index in [2.05, 4.69) is 19.3 Å². The van der Waals surface area contributed by atoms with E-state index in [0.717, 1.165) is 74.7 Å². The van der Waals surface area contributed by atoms with Gasteiger partial charge in [0, 0.05) is 38.7 Å². The van der Waals surface area contributed by atoms with Crippen LogP contribution in [0.5, 0.6) is 5.75 Å². The number of hydrogen-bond donors (Lipinski definition) is 2. The van der Waals surface area contributed by atoms with Crippen LogP contribution in [0, 0.1) is 0 Å². The van der Waals surface area contributed by atoms with Crippen LogP contribution >= 0.6 is 31.0 Å². The molecule has 0 spiro atoms. The minimum Gasteiger partial charge on any atom is -0.494 e. The molecular formula is C24H30Cl2N3O6P. The molecule has 2 N–H and O–H groups in total. The average Bonchev–Trinajstić information content (AvgIpc) is 2.85. The van der Waals surface area contributed by atoms with Gasteiger partial charge in [0.25, 0.3) is 0 Å². The van der Waals surface area contributed by atoms with Crippen molar-refractivity contribution in [2.24, 2.45) is 4.99 Å². The molecule has 2 aromatic carbocycles. The van der Waals surface area contributed by atoms with Crippen molar-refractivity contribution in [3.8, 4) is 5.75 Å². The lowest BCUT2D eigenvalue weighted by molar-refractivity contribution is 0.0724. The molecule has 0 atom stereocenters.